The molecular formula is C38H25ClN4O. The summed E-state index contributed by atoms with van der Waals surface area (Å²) in [6.45, 7) is 0. The number of benzene rings is 5. The first-order chi connectivity index (χ1) is 21.7. The van der Waals surface area contributed by atoms with E-state index in [0.717, 1.165) is 61.3 Å². The Kier molecular flexibility index (Phi) is 7.60. The molecule has 8 rings (SSSR count). The molecular weight excluding hydrogens is 564 g/mol. The molecule has 5 nitrogen and oxygen atoms in total. The van der Waals surface area contributed by atoms with E-state index >= 15 is 0 Å². The molecule has 0 aliphatic rings. The Morgan fingerprint density at radius 1 is 0.477 bits per heavy atom. The molecule has 0 fully saturated rings. The Morgan fingerprint density at radius 2 is 1.09 bits per heavy atom. The summed E-state index contributed by atoms with van der Waals surface area (Å²) in [5.41, 5.74) is 7.61. The number of nitrogens with zero attached hydrogens (tertiary/aromatic N) is 4. The smallest absolute Gasteiger partial charge is 0.161 e. The van der Waals surface area contributed by atoms with Crippen molar-refractivity contribution in [3.63, 3.8) is 0 Å². The first-order valence-corrected chi connectivity index (χ1v) is 14.5. The lowest BCUT2D eigenvalue weighted by atomic mass is 9.99. The molecule has 0 atom stereocenters. The van der Waals surface area contributed by atoms with Crippen LogP contribution in [0.3, 0.4) is 0 Å². The van der Waals surface area contributed by atoms with Gasteiger partial charge in [-0.05, 0) is 23.8 Å². The Hall–Kier alpha value is -5.65. The van der Waals surface area contributed by atoms with Gasteiger partial charge in [-0.1, -0.05) is 127 Å². The number of furan rings is 1. The van der Waals surface area contributed by atoms with Gasteiger partial charge in [0.05, 0.1) is 5.69 Å². The zero-order chi connectivity index (χ0) is 29.7. The Morgan fingerprint density at radius 3 is 1.86 bits per heavy atom. The van der Waals surface area contributed by atoms with Crippen molar-refractivity contribution in [1.29, 1.82) is 0 Å². The molecule has 3 heterocycles. The predicted octanol–water partition coefficient (Wildman–Crippen LogP) is 10.2. The summed E-state index contributed by atoms with van der Waals surface area (Å²) in [7, 11) is 0. The number of halogens is 1. The van der Waals surface area contributed by atoms with Crippen molar-refractivity contribution in [3.8, 4) is 45.2 Å². The molecule has 0 saturated heterocycles. The van der Waals surface area contributed by atoms with E-state index in [1.165, 1.54) is 0 Å². The molecule has 0 aliphatic heterocycles. The SMILES string of the molecule is Clc1cc(-c2cccc(-c3cccc4c3oc3ccccc34)c2)nc(-c2ccccc2)n1.c1ccc(-c2ncccn2)cc1. The Labute approximate surface area is 259 Å². The highest BCUT2D eigenvalue weighted by molar-refractivity contribution is 6.29. The Bertz CT molecular complexity index is 2150. The maximum atomic E-state index is 6.36. The molecule has 6 heteroatoms. The topological polar surface area (TPSA) is 64.7 Å². The summed E-state index contributed by atoms with van der Waals surface area (Å²) < 4.78 is 6.23. The van der Waals surface area contributed by atoms with Crippen LogP contribution in [0.2, 0.25) is 5.15 Å². The van der Waals surface area contributed by atoms with Gasteiger partial charge in [0.1, 0.15) is 16.3 Å². The first-order valence-electron chi connectivity index (χ1n) is 14.2. The molecule has 0 spiro atoms. The average Bonchev–Trinajstić information content (AvgIpc) is 3.49. The van der Waals surface area contributed by atoms with Crippen LogP contribution in [0.25, 0.3) is 67.1 Å². The van der Waals surface area contributed by atoms with E-state index in [1.54, 1.807) is 18.5 Å². The molecule has 0 saturated carbocycles. The highest BCUT2D eigenvalue weighted by Gasteiger charge is 2.13. The molecule has 0 N–H and O–H groups in total. The summed E-state index contributed by atoms with van der Waals surface area (Å²) in [6, 6.07) is 46.1. The quantitative estimate of drug-likeness (QED) is 0.191. The third-order valence-corrected chi connectivity index (χ3v) is 7.39. The molecule has 0 bridgehead atoms. The zero-order valence-electron chi connectivity index (χ0n) is 23.5. The van der Waals surface area contributed by atoms with Crippen molar-refractivity contribution < 1.29 is 4.42 Å². The number of aromatic nitrogens is 4. The largest absolute Gasteiger partial charge is 0.455 e. The summed E-state index contributed by atoms with van der Waals surface area (Å²) >= 11 is 6.36. The third kappa shape index (κ3) is 5.69. The maximum absolute atomic E-state index is 6.36. The molecule has 0 amide bonds. The van der Waals surface area contributed by atoms with Crippen LogP contribution < -0.4 is 0 Å². The van der Waals surface area contributed by atoms with Crippen LogP contribution in [0.1, 0.15) is 0 Å². The second-order valence-electron chi connectivity index (χ2n) is 10.1. The standard InChI is InChI=1S/C28H17ClN2O.C10H8N2/c29-26-17-24(30-28(31-26)18-8-2-1-3-9-18)20-11-6-10-19(16-20)21-13-7-14-23-22-12-4-5-15-25(22)32-27(21)23;1-2-5-9(6-3-1)10-11-7-4-8-12-10/h1-17H;1-8H. The minimum atomic E-state index is 0.415. The third-order valence-electron chi connectivity index (χ3n) is 7.20. The lowest BCUT2D eigenvalue weighted by molar-refractivity contribution is 0.670. The lowest BCUT2D eigenvalue weighted by Crippen LogP contribution is -1.93. The summed E-state index contributed by atoms with van der Waals surface area (Å²) in [6.07, 6.45) is 3.49. The molecule has 44 heavy (non-hydrogen) atoms. The van der Waals surface area contributed by atoms with Crippen molar-refractivity contribution in [1.82, 2.24) is 19.9 Å². The van der Waals surface area contributed by atoms with E-state index in [4.69, 9.17) is 21.0 Å². The van der Waals surface area contributed by atoms with E-state index in [2.05, 4.69) is 51.4 Å². The van der Waals surface area contributed by atoms with Crippen LogP contribution in [0.4, 0.5) is 0 Å². The highest BCUT2D eigenvalue weighted by atomic mass is 35.5. The highest BCUT2D eigenvalue weighted by Crippen LogP contribution is 2.37. The molecule has 0 radical (unpaired) electrons. The first kappa shape index (κ1) is 27.2. The van der Waals surface area contributed by atoms with Crippen LogP contribution >= 0.6 is 11.6 Å². The average molecular weight is 589 g/mol. The van der Waals surface area contributed by atoms with E-state index in [1.807, 2.05) is 97.1 Å². The number of hydrogen-bond donors (Lipinski definition) is 0. The molecule has 0 unspecified atom stereocenters. The Balaban J connectivity index is 0.000000218. The van der Waals surface area contributed by atoms with Gasteiger partial charge in [-0.2, -0.15) is 0 Å². The summed E-state index contributed by atoms with van der Waals surface area (Å²) in [4.78, 5) is 17.5. The van der Waals surface area contributed by atoms with Gasteiger partial charge in [0.25, 0.3) is 0 Å². The molecule has 8 aromatic rings. The maximum Gasteiger partial charge on any atom is 0.161 e. The van der Waals surface area contributed by atoms with Gasteiger partial charge in [-0.25, -0.2) is 19.9 Å². The van der Waals surface area contributed by atoms with Crippen molar-refractivity contribution in [2.75, 3.05) is 0 Å². The number of rotatable bonds is 4. The second-order valence-corrected chi connectivity index (χ2v) is 10.5. The lowest BCUT2D eigenvalue weighted by Gasteiger charge is -2.08. The van der Waals surface area contributed by atoms with Crippen molar-refractivity contribution in [2.45, 2.75) is 0 Å². The predicted molar refractivity (Wildman–Crippen MR) is 178 cm³/mol. The van der Waals surface area contributed by atoms with Gasteiger partial charge in [0, 0.05) is 51.5 Å². The van der Waals surface area contributed by atoms with Gasteiger partial charge in [0.2, 0.25) is 0 Å². The van der Waals surface area contributed by atoms with Gasteiger partial charge in [0.15, 0.2) is 11.6 Å². The molecule has 210 valence electrons. The van der Waals surface area contributed by atoms with Crippen molar-refractivity contribution in [3.05, 3.63) is 157 Å². The van der Waals surface area contributed by atoms with Crippen molar-refractivity contribution in [2.24, 2.45) is 0 Å². The fourth-order valence-corrected chi connectivity index (χ4v) is 5.32. The van der Waals surface area contributed by atoms with Gasteiger partial charge in [-0.3, -0.25) is 0 Å². The van der Waals surface area contributed by atoms with Crippen LogP contribution in [-0.4, -0.2) is 19.9 Å². The van der Waals surface area contributed by atoms with Crippen LogP contribution in [0.5, 0.6) is 0 Å². The van der Waals surface area contributed by atoms with E-state index in [0.29, 0.717) is 11.0 Å². The minimum Gasteiger partial charge on any atom is -0.455 e. The summed E-state index contributed by atoms with van der Waals surface area (Å²) in [5, 5.41) is 2.65. The van der Waals surface area contributed by atoms with Crippen LogP contribution in [0, 0.1) is 0 Å². The van der Waals surface area contributed by atoms with Crippen molar-refractivity contribution >= 4 is 33.5 Å². The van der Waals surface area contributed by atoms with Crippen LogP contribution in [-0.2, 0) is 0 Å². The number of hydrogen-bond acceptors (Lipinski definition) is 5. The fourth-order valence-electron chi connectivity index (χ4n) is 5.14. The van der Waals surface area contributed by atoms with Crippen LogP contribution in [0.15, 0.2) is 156 Å². The zero-order valence-corrected chi connectivity index (χ0v) is 24.3. The number of fused-ring (bicyclic) bond motifs is 3. The van der Waals surface area contributed by atoms with E-state index in [9.17, 15) is 0 Å². The minimum absolute atomic E-state index is 0.415. The van der Waals surface area contributed by atoms with E-state index in [-0.39, 0.29) is 0 Å². The molecule has 5 aromatic carbocycles. The normalized spacial score (nSPS) is 10.8. The second kappa shape index (κ2) is 12.3. The monoisotopic (exact) mass is 588 g/mol. The fraction of sp³-hybridized carbons (Fsp3) is 0. The van der Waals surface area contributed by atoms with Gasteiger partial charge in [-0.15, -0.1) is 0 Å². The summed E-state index contributed by atoms with van der Waals surface area (Å²) in [5.74, 6) is 1.39. The number of para-hydroxylation sites is 2. The van der Waals surface area contributed by atoms with E-state index < -0.39 is 0 Å². The van der Waals surface area contributed by atoms with Gasteiger partial charge < -0.3 is 4.42 Å². The molecule has 3 aromatic heterocycles. The van der Waals surface area contributed by atoms with Gasteiger partial charge >= 0.3 is 0 Å². The molecule has 0 aliphatic carbocycles.